The minimum absolute atomic E-state index is 0.0302. The molecule has 1 amide bonds. The van der Waals surface area contributed by atoms with Crippen molar-refractivity contribution < 1.29 is 27.9 Å². The molecule has 0 unspecified atom stereocenters. The van der Waals surface area contributed by atoms with E-state index < -0.39 is 29.3 Å². The van der Waals surface area contributed by atoms with E-state index in [-0.39, 0.29) is 31.4 Å². The van der Waals surface area contributed by atoms with Crippen LogP contribution in [0.4, 0.5) is 13.2 Å². The second-order valence-electron chi connectivity index (χ2n) is 3.86. The van der Waals surface area contributed by atoms with Crippen LogP contribution in [0.25, 0.3) is 0 Å². The fourth-order valence-electron chi connectivity index (χ4n) is 1.38. The highest BCUT2D eigenvalue weighted by Gasteiger charge is 2.13. The maximum absolute atomic E-state index is 13.2. The van der Waals surface area contributed by atoms with E-state index in [1.165, 1.54) is 0 Å². The molecule has 0 aliphatic carbocycles. The Bertz CT molecular complexity index is 491. The van der Waals surface area contributed by atoms with E-state index in [1.54, 1.807) is 0 Å². The predicted octanol–water partition coefficient (Wildman–Crippen LogP) is 1.97. The van der Waals surface area contributed by atoms with Crippen molar-refractivity contribution in [3.05, 3.63) is 35.1 Å². The summed E-state index contributed by atoms with van der Waals surface area (Å²) >= 11 is 0. The Balaban J connectivity index is 2.46. The molecule has 0 heterocycles. The number of rotatable bonds is 6. The van der Waals surface area contributed by atoms with Gasteiger partial charge in [0, 0.05) is 24.9 Å². The Hall–Kier alpha value is -2.05. The molecular formula is C12H12F3NO3. The van der Waals surface area contributed by atoms with E-state index in [4.69, 9.17) is 5.11 Å². The van der Waals surface area contributed by atoms with Gasteiger partial charge in [-0.3, -0.25) is 9.59 Å². The van der Waals surface area contributed by atoms with Crippen LogP contribution >= 0.6 is 0 Å². The van der Waals surface area contributed by atoms with Crippen LogP contribution in [0, 0.1) is 17.5 Å². The topological polar surface area (TPSA) is 66.4 Å². The number of carbonyl (C=O) groups is 2. The normalized spacial score (nSPS) is 10.3. The second-order valence-corrected chi connectivity index (χ2v) is 3.86. The molecule has 0 aliphatic heterocycles. The smallest absolute Gasteiger partial charge is 0.303 e. The van der Waals surface area contributed by atoms with Crippen molar-refractivity contribution >= 4 is 11.9 Å². The van der Waals surface area contributed by atoms with Gasteiger partial charge < -0.3 is 10.4 Å². The fraction of sp³-hybridized carbons (Fsp3) is 0.333. The third-order valence-corrected chi connectivity index (χ3v) is 2.39. The van der Waals surface area contributed by atoms with E-state index in [0.717, 1.165) is 12.1 Å². The maximum atomic E-state index is 13.2. The number of benzene rings is 1. The zero-order chi connectivity index (χ0) is 14.4. The summed E-state index contributed by atoms with van der Waals surface area (Å²) in [4.78, 5) is 21.5. The van der Waals surface area contributed by atoms with Crippen molar-refractivity contribution in [2.75, 3.05) is 0 Å². The number of carbonyl (C=O) groups excluding carboxylic acids is 1. The first-order valence-electron chi connectivity index (χ1n) is 5.52. The molecule has 104 valence electrons. The highest BCUT2D eigenvalue weighted by atomic mass is 19.2. The van der Waals surface area contributed by atoms with E-state index in [2.05, 4.69) is 5.32 Å². The molecule has 0 atom stereocenters. The average Bonchev–Trinajstić information content (AvgIpc) is 2.35. The number of halogens is 3. The third-order valence-electron chi connectivity index (χ3n) is 2.39. The van der Waals surface area contributed by atoms with Crippen LogP contribution in [-0.4, -0.2) is 17.0 Å². The summed E-state index contributed by atoms with van der Waals surface area (Å²) in [5.41, 5.74) is -0.175. The number of amides is 1. The number of carboxylic acids is 1. The first-order chi connectivity index (χ1) is 8.91. The summed E-state index contributed by atoms with van der Waals surface area (Å²) in [7, 11) is 0. The zero-order valence-corrected chi connectivity index (χ0v) is 9.88. The molecule has 0 fully saturated rings. The van der Waals surface area contributed by atoms with Gasteiger partial charge in [-0.1, -0.05) is 6.07 Å². The molecular weight excluding hydrogens is 263 g/mol. The van der Waals surface area contributed by atoms with Crippen molar-refractivity contribution in [3.8, 4) is 0 Å². The van der Waals surface area contributed by atoms with Gasteiger partial charge in [-0.25, -0.2) is 13.2 Å². The SMILES string of the molecule is O=C(O)CCCC(=O)NCc1ccc(F)c(F)c1F. The van der Waals surface area contributed by atoms with Crippen LogP contribution in [0.2, 0.25) is 0 Å². The number of aliphatic carboxylic acids is 1. The standard InChI is InChI=1S/C12H12F3NO3/c13-8-5-4-7(11(14)12(8)15)6-16-9(17)2-1-3-10(18)19/h4-5H,1-3,6H2,(H,16,17)(H,18,19). The summed E-state index contributed by atoms with van der Waals surface area (Å²) < 4.78 is 38.7. The molecule has 19 heavy (non-hydrogen) atoms. The zero-order valence-electron chi connectivity index (χ0n) is 9.88. The molecule has 0 spiro atoms. The van der Waals surface area contributed by atoms with Gasteiger partial charge in [-0.15, -0.1) is 0 Å². The van der Waals surface area contributed by atoms with Crippen LogP contribution in [0.1, 0.15) is 24.8 Å². The Morgan fingerprint density at radius 3 is 2.42 bits per heavy atom. The molecule has 0 aliphatic rings. The Morgan fingerprint density at radius 1 is 1.11 bits per heavy atom. The molecule has 1 aromatic rings. The van der Waals surface area contributed by atoms with E-state index in [1.807, 2.05) is 0 Å². The highest BCUT2D eigenvalue weighted by Crippen LogP contribution is 2.14. The minimum atomic E-state index is -1.59. The van der Waals surface area contributed by atoms with Crippen LogP contribution in [-0.2, 0) is 16.1 Å². The molecule has 1 rings (SSSR count). The lowest BCUT2D eigenvalue weighted by molar-refractivity contribution is -0.137. The second kappa shape index (κ2) is 6.77. The van der Waals surface area contributed by atoms with Gasteiger partial charge in [0.25, 0.3) is 0 Å². The van der Waals surface area contributed by atoms with Gasteiger partial charge in [0.2, 0.25) is 5.91 Å². The van der Waals surface area contributed by atoms with Crippen molar-refractivity contribution in [3.63, 3.8) is 0 Å². The average molecular weight is 275 g/mol. The summed E-state index contributed by atoms with van der Waals surface area (Å²) in [6.07, 6.45) is -0.0218. The summed E-state index contributed by atoms with van der Waals surface area (Å²) in [5, 5.41) is 10.7. The van der Waals surface area contributed by atoms with Crippen LogP contribution < -0.4 is 5.32 Å². The number of nitrogens with one attached hydrogen (secondary N) is 1. The molecule has 2 N–H and O–H groups in total. The van der Waals surface area contributed by atoms with Crippen LogP contribution in [0.3, 0.4) is 0 Å². The first kappa shape index (κ1) is 15.0. The Kier molecular flexibility index (Phi) is 5.35. The highest BCUT2D eigenvalue weighted by molar-refractivity contribution is 5.76. The molecule has 0 saturated heterocycles. The largest absolute Gasteiger partial charge is 0.481 e. The molecule has 4 nitrogen and oxygen atoms in total. The van der Waals surface area contributed by atoms with Gasteiger partial charge in [0.05, 0.1) is 0 Å². The quantitative estimate of drug-likeness (QED) is 0.780. The van der Waals surface area contributed by atoms with Gasteiger partial charge in [-0.2, -0.15) is 0 Å². The number of carboxylic acid groups (broad SMARTS) is 1. The first-order valence-corrected chi connectivity index (χ1v) is 5.52. The molecule has 7 heteroatoms. The van der Waals surface area contributed by atoms with Gasteiger partial charge >= 0.3 is 5.97 Å². The number of hydrogen-bond acceptors (Lipinski definition) is 2. The number of hydrogen-bond donors (Lipinski definition) is 2. The summed E-state index contributed by atoms with van der Waals surface area (Å²) in [6, 6.07) is 1.80. The molecule has 0 bridgehead atoms. The van der Waals surface area contributed by atoms with Crippen LogP contribution in [0.15, 0.2) is 12.1 Å². The minimum Gasteiger partial charge on any atom is -0.481 e. The molecule has 0 aromatic heterocycles. The van der Waals surface area contributed by atoms with E-state index in [0.29, 0.717) is 0 Å². The lowest BCUT2D eigenvalue weighted by Gasteiger charge is -2.06. The predicted molar refractivity (Wildman–Crippen MR) is 59.6 cm³/mol. The lowest BCUT2D eigenvalue weighted by Crippen LogP contribution is -2.23. The summed E-state index contributed by atoms with van der Waals surface area (Å²) in [6.45, 7) is -0.283. The van der Waals surface area contributed by atoms with E-state index >= 15 is 0 Å². The van der Waals surface area contributed by atoms with Gasteiger partial charge in [0.1, 0.15) is 0 Å². The molecule has 0 saturated carbocycles. The maximum Gasteiger partial charge on any atom is 0.303 e. The van der Waals surface area contributed by atoms with E-state index in [9.17, 15) is 22.8 Å². The van der Waals surface area contributed by atoms with Crippen LogP contribution in [0.5, 0.6) is 0 Å². The van der Waals surface area contributed by atoms with Gasteiger partial charge in [-0.05, 0) is 12.5 Å². The fourth-order valence-corrected chi connectivity index (χ4v) is 1.38. The molecule has 0 radical (unpaired) electrons. The Labute approximate surface area is 107 Å². The van der Waals surface area contributed by atoms with Gasteiger partial charge in [0.15, 0.2) is 17.5 Å². The lowest BCUT2D eigenvalue weighted by atomic mass is 10.2. The van der Waals surface area contributed by atoms with Crippen molar-refractivity contribution in [1.82, 2.24) is 5.32 Å². The Morgan fingerprint density at radius 2 is 1.79 bits per heavy atom. The van der Waals surface area contributed by atoms with Crippen molar-refractivity contribution in [2.24, 2.45) is 0 Å². The third kappa shape index (κ3) is 4.61. The van der Waals surface area contributed by atoms with Crippen molar-refractivity contribution in [2.45, 2.75) is 25.8 Å². The summed E-state index contributed by atoms with van der Waals surface area (Å²) in [5.74, 6) is -5.72. The van der Waals surface area contributed by atoms with Crippen molar-refractivity contribution in [1.29, 1.82) is 0 Å². The monoisotopic (exact) mass is 275 g/mol. The molecule has 1 aromatic carbocycles.